The number of aliphatic carboxylic acids is 1. The van der Waals surface area contributed by atoms with Crippen molar-refractivity contribution in [2.75, 3.05) is 0 Å². The summed E-state index contributed by atoms with van der Waals surface area (Å²) in [6.45, 7) is 0. The van der Waals surface area contributed by atoms with Gasteiger partial charge in [-0.3, -0.25) is 4.79 Å². The minimum absolute atomic E-state index is 0.0201. The van der Waals surface area contributed by atoms with Crippen molar-refractivity contribution in [2.24, 2.45) is 0 Å². The molecular weight excluding hydrogens is 296 g/mol. The van der Waals surface area contributed by atoms with E-state index in [4.69, 9.17) is 5.11 Å². The zero-order valence-electron chi connectivity index (χ0n) is 9.52. The van der Waals surface area contributed by atoms with Gasteiger partial charge in [-0.25, -0.2) is 4.79 Å². The number of hydrogen-bond donors (Lipinski definition) is 1. The van der Waals surface area contributed by atoms with E-state index in [1.54, 1.807) is 0 Å². The van der Waals surface area contributed by atoms with E-state index in [1.807, 2.05) is 36.4 Å². The van der Waals surface area contributed by atoms with Crippen molar-refractivity contribution < 1.29 is 14.7 Å². The molecule has 2 aromatic carbocycles. The first-order valence-corrected chi connectivity index (χ1v) is 6.31. The van der Waals surface area contributed by atoms with Crippen LogP contribution in [0, 0.1) is 0 Å². The van der Waals surface area contributed by atoms with Crippen molar-refractivity contribution >= 4 is 38.5 Å². The minimum Gasteiger partial charge on any atom is -0.476 e. The summed E-state index contributed by atoms with van der Waals surface area (Å²) in [4.78, 5) is 21.5. The maximum Gasteiger partial charge on any atom is 0.372 e. The van der Waals surface area contributed by atoms with Crippen LogP contribution in [0.15, 0.2) is 40.9 Å². The Morgan fingerprint density at radius 1 is 1.11 bits per heavy atom. The molecule has 0 aliphatic carbocycles. The molecule has 0 radical (unpaired) electrons. The second kappa shape index (κ2) is 5.31. The lowest BCUT2D eigenvalue weighted by atomic mass is 10.0. The third kappa shape index (κ3) is 2.59. The molecule has 0 amide bonds. The van der Waals surface area contributed by atoms with Gasteiger partial charge in [0.1, 0.15) is 0 Å². The zero-order valence-corrected chi connectivity index (χ0v) is 11.1. The number of aryl methyl sites for hydroxylation is 1. The quantitative estimate of drug-likeness (QED) is 0.883. The second-order valence-electron chi connectivity index (χ2n) is 3.99. The van der Waals surface area contributed by atoms with Gasteiger partial charge < -0.3 is 5.11 Å². The Hall–Kier alpha value is -1.68. The highest BCUT2D eigenvalue weighted by Gasteiger charge is 2.12. The fourth-order valence-electron chi connectivity index (χ4n) is 1.83. The highest BCUT2D eigenvalue weighted by atomic mass is 79.9. The number of Topliss-reactive ketones (excluding diaryl/α,β-unsaturated/α-hetero) is 1. The molecule has 0 saturated heterocycles. The van der Waals surface area contributed by atoms with E-state index in [0.29, 0.717) is 6.42 Å². The number of benzene rings is 2. The smallest absolute Gasteiger partial charge is 0.372 e. The summed E-state index contributed by atoms with van der Waals surface area (Å²) in [5, 5.41) is 10.7. The molecule has 0 aliphatic rings. The number of carboxylic acid groups (broad SMARTS) is 1. The van der Waals surface area contributed by atoms with Crippen molar-refractivity contribution in [3.63, 3.8) is 0 Å². The molecule has 92 valence electrons. The molecule has 0 heterocycles. The first-order chi connectivity index (χ1) is 8.59. The van der Waals surface area contributed by atoms with Crippen molar-refractivity contribution in [3.8, 4) is 0 Å². The number of rotatable bonds is 4. The van der Waals surface area contributed by atoms with Gasteiger partial charge in [-0.2, -0.15) is 0 Å². The standard InChI is InChI=1S/C14H11BrO3/c15-13-10(7-8-12(16)14(17)18)6-5-9-3-1-2-4-11(9)13/h1-6H,7-8H2,(H,17,18). The first-order valence-electron chi connectivity index (χ1n) is 5.52. The van der Waals surface area contributed by atoms with Crippen LogP contribution >= 0.6 is 15.9 Å². The molecule has 0 spiro atoms. The molecule has 0 bridgehead atoms. The Bertz CT molecular complexity index is 619. The Labute approximate surface area is 113 Å². The van der Waals surface area contributed by atoms with E-state index < -0.39 is 11.8 Å². The van der Waals surface area contributed by atoms with Crippen molar-refractivity contribution in [3.05, 3.63) is 46.4 Å². The van der Waals surface area contributed by atoms with Crippen LogP contribution < -0.4 is 0 Å². The predicted molar refractivity (Wildman–Crippen MR) is 72.6 cm³/mol. The van der Waals surface area contributed by atoms with Gasteiger partial charge in [0.05, 0.1) is 0 Å². The van der Waals surface area contributed by atoms with Gasteiger partial charge in [-0.05, 0) is 38.7 Å². The summed E-state index contributed by atoms with van der Waals surface area (Å²) >= 11 is 3.51. The van der Waals surface area contributed by atoms with Crippen molar-refractivity contribution in [1.82, 2.24) is 0 Å². The van der Waals surface area contributed by atoms with Crippen LogP contribution in [-0.2, 0) is 16.0 Å². The number of carbonyl (C=O) groups excluding carboxylic acids is 1. The van der Waals surface area contributed by atoms with Gasteiger partial charge in [-0.15, -0.1) is 0 Å². The van der Waals surface area contributed by atoms with Crippen LogP contribution in [0.2, 0.25) is 0 Å². The third-order valence-electron chi connectivity index (χ3n) is 2.80. The normalized spacial score (nSPS) is 10.5. The van der Waals surface area contributed by atoms with Crippen LogP contribution in [0.25, 0.3) is 10.8 Å². The fourth-order valence-corrected chi connectivity index (χ4v) is 2.52. The molecule has 1 N–H and O–H groups in total. The van der Waals surface area contributed by atoms with Gasteiger partial charge in [0.25, 0.3) is 0 Å². The maximum atomic E-state index is 11.1. The lowest BCUT2D eigenvalue weighted by molar-refractivity contribution is -0.149. The monoisotopic (exact) mass is 306 g/mol. The molecular formula is C14H11BrO3. The highest BCUT2D eigenvalue weighted by molar-refractivity contribution is 9.10. The summed E-state index contributed by atoms with van der Waals surface area (Å²) in [7, 11) is 0. The molecule has 0 atom stereocenters. The largest absolute Gasteiger partial charge is 0.476 e. The van der Waals surface area contributed by atoms with Gasteiger partial charge >= 0.3 is 5.97 Å². The Morgan fingerprint density at radius 3 is 2.56 bits per heavy atom. The second-order valence-corrected chi connectivity index (χ2v) is 4.78. The van der Waals surface area contributed by atoms with Gasteiger partial charge in [0, 0.05) is 10.9 Å². The van der Waals surface area contributed by atoms with E-state index in [1.165, 1.54) is 0 Å². The molecule has 4 heteroatoms. The Kier molecular flexibility index (Phi) is 3.77. The molecule has 0 aromatic heterocycles. The van der Waals surface area contributed by atoms with Crippen molar-refractivity contribution in [1.29, 1.82) is 0 Å². The lowest BCUT2D eigenvalue weighted by Crippen LogP contribution is -2.13. The topological polar surface area (TPSA) is 54.4 Å². The van der Waals surface area contributed by atoms with Gasteiger partial charge in [0.15, 0.2) is 0 Å². The van der Waals surface area contributed by atoms with Crippen molar-refractivity contribution in [2.45, 2.75) is 12.8 Å². The first kappa shape index (κ1) is 12.8. The van der Waals surface area contributed by atoms with Crippen LogP contribution in [0.1, 0.15) is 12.0 Å². The molecule has 18 heavy (non-hydrogen) atoms. The maximum absolute atomic E-state index is 11.1. The minimum atomic E-state index is -1.37. The summed E-state index contributed by atoms with van der Waals surface area (Å²) < 4.78 is 0.929. The highest BCUT2D eigenvalue weighted by Crippen LogP contribution is 2.28. The molecule has 0 unspecified atom stereocenters. The summed E-state index contributed by atoms with van der Waals surface area (Å²) in [6.07, 6.45) is 0.447. The zero-order chi connectivity index (χ0) is 13.1. The van der Waals surface area contributed by atoms with E-state index in [-0.39, 0.29) is 6.42 Å². The molecule has 0 aliphatic heterocycles. The molecule has 0 saturated carbocycles. The third-order valence-corrected chi connectivity index (χ3v) is 3.74. The van der Waals surface area contributed by atoms with E-state index >= 15 is 0 Å². The Morgan fingerprint density at radius 2 is 1.83 bits per heavy atom. The summed E-state index contributed by atoms with van der Waals surface area (Å²) in [5.74, 6) is -2.12. The van der Waals surface area contributed by atoms with Crippen LogP contribution in [0.4, 0.5) is 0 Å². The predicted octanol–water partition coefficient (Wildman–Crippen LogP) is 3.19. The Balaban J connectivity index is 2.27. The molecule has 3 nitrogen and oxygen atoms in total. The van der Waals surface area contributed by atoms with Crippen LogP contribution in [0.3, 0.4) is 0 Å². The molecule has 0 fully saturated rings. The van der Waals surface area contributed by atoms with Crippen LogP contribution in [0.5, 0.6) is 0 Å². The number of halogens is 1. The number of carboxylic acids is 1. The average Bonchev–Trinajstić information content (AvgIpc) is 2.38. The SMILES string of the molecule is O=C(O)C(=O)CCc1ccc2ccccc2c1Br. The lowest BCUT2D eigenvalue weighted by Gasteiger charge is -2.07. The van der Waals surface area contributed by atoms with Gasteiger partial charge in [0.2, 0.25) is 5.78 Å². The number of ketones is 1. The van der Waals surface area contributed by atoms with E-state index in [9.17, 15) is 9.59 Å². The molecule has 2 rings (SSSR count). The van der Waals surface area contributed by atoms with E-state index in [2.05, 4.69) is 15.9 Å². The average molecular weight is 307 g/mol. The number of hydrogen-bond acceptors (Lipinski definition) is 2. The molecule has 2 aromatic rings. The van der Waals surface area contributed by atoms with Crippen LogP contribution in [-0.4, -0.2) is 16.9 Å². The number of carbonyl (C=O) groups is 2. The number of fused-ring (bicyclic) bond motifs is 1. The summed E-state index contributed by atoms with van der Waals surface area (Å²) in [5.41, 5.74) is 0.948. The summed E-state index contributed by atoms with van der Waals surface area (Å²) in [6, 6.07) is 11.8. The van der Waals surface area contributed by atoms with Gasteiger partial charge in [-0.1, -0.05) is 36.4 Å². The van der Waals surface area contributed by atoms with E-state index in [0.717, 1.165) is 20.8 Å². The fraction of sp³-hybridized carbons (Fsp3) is 0.143.